The lowest BCUT2D eigenvalue weighted by molar-refractivity contribution is -0.0500. The Morgan fingerprint density at radius 1 is 1.16 bits per heavy atom. The number of ether oxygens (including phenoxy) is 4. The number of aromatic nitrogens is 2. The van der Waals surface area contributed by atoms with E-state index >= 15 is 4.39 Å². The number of thioether (sulfide) groups is 1. The van der Waals surface area contributed by atoms with Crippen LogP contribution in [0.2, 0.25) is 0 Å². The molecule has 31 heavy (non-hydrogen) atoms. The van der Waals surface area contributed by atoms with Crippen molar-refractivity contribution < 1.29 is 32.9 Å². The third kappa shape index (κ3) is 7.30. The predicted octanol–water partition coefficient (Wildman–Crippen LogP) is 3.05. The van der Waals surface area contributed by atoms with Gasteiger partial charge < -0.3 is 24.7 Å². The minimum atomic E-state index is -1.81. The molecule has 0 aromatic carbocycles. The number of anilines is 1. The highest BCUT2D eigenvalue weighted by Crippen LogP contribution is 2.45. The lowest BCUT2D eigenvalue weighted by atomic mass is 10.1. The zero-order valence-corrected chi connectivity index (χ0v) is 19.1. The maximum atomic E-state index is 15.3. The molecule has 174 valence electrons. The number of halogens is 1. The van der Waals surface area contributed by atoms with Crippen LogP contribution in [0.15, 0.2) is 17.1 Å². The van der Waals surface area contributed by atoms with Gasteiger partial charge >= 0.3 is 18.0 Å². The number of nitrogen functional groups attached to an aromatic ring is 1. The van der Waals surface area contributed by atoms with Gasteiger partial charge in [-0.05, 0) is 47.6 Å². The number of alkyl halides is 1. The van der Waals surface area contributed by atoms with Crippen molar-refractivity contribution in [1.29, 1.82) is 0 Å². The van der Waals surface area contributed by atoms with Gasteiger partial charge in [0.15, 0.2) is 12.3 Å². The molecule has 0 unspecified atom stereocenters. The Kier molecular flexibility index (Phi) is 7.45. The normalized spacial score (nSPS) is 23.8. The van der Waals surface area contributed by atoms with Crippen molar-refractivity contribution in [2.45, 2.75) is 75.6 Å². The van der Waals surface area contributed by atoms with E-state index in [-0.39, 0.29) is 12.4 Å². The van der Waals surface area contributed by atoms with E-state index < -0.39 is 52.1 Å². The van der Waals surface area contributed by atoms with Crippen LogP contribution in [0.3, 0.4) is 0 Å². The maximum Gasteiger partial charge on any atom is 0.509 e. The first kappa shape index (κ1) is 24.8. The lowest BCUT2D eigenvalue weighted by Gasteiger charge is -2.24. The molecule has 2 rings (SSSR count). The smallest absolute Gasteiger partial charge is 0.433 e. The van der Waals surface area contributed by atoms with Crippen LogP contribution >= 0.6 is 11.8 Å². The van der Waals surface area contributed by atoms with Crippen molar-refractivity contribution in [3.8, 4) is 0 Å². The Bertz CT molecular complexity index is 865. The molecular formula is C19H28FN3O7S. The highest BCUT2D eigenvalue weighted by Gasteiger charge is 2.49. The highest BCUT2D eigenvalue weighted by atomic mass is 32.2. The Hall–Kier alpha value is -2.50. The first-order valence-electron chi connectivity index (χ1n) is 9.56. The Balaban J connectivity index is 2.20. The van der Waals surface area contributed by atoms with Crippen molar-refractivity contribution >= 4 is 29.9 Å². The maximum absolute atomic E-state index is 15.3. The SMILES string of the molecule is CC(C)(C)OC(=O)OC[C@H]1S[C@@H](n2ccc(N)nc2=O)[C@@H](F)[C@@H]1OC(=O)OC(C)(C)C. The van der Waals surface area contributed by atoms with E-state index in [9.17, 15) is 14.4 Å². The summed E-state index contributed by atoms with van der Waals surface area (Å²) in [5.41, 5.74) is 3.10. The highest BCUT2D eigenvalue weighted by molar-refractivity contribution is 8.00. The molecule has 10 nitrogen and oxygen atoms in total. The summed E-state index contributed by atoms with van der Waals surface area (Å²) in [4.78, 5) is 39.8. The summed E-state index contributed by atoms with van der Waals surface area (Å²) in [5, 5.41) is -1.91. The number of hydrogen-bond donors (Lipinski definition) is 1. The van der Waals surface area contributed by atoms with Crippen LogP contribution in [-0.2, 0) is 18.9 Å². The number of nitrogens with two attached hydrogens (primary N) is 1. The third-order valence-electron chi connectivity index (χ3n) is 3.77. The fourth-order valence-corrected chi connectivity index (χ4v) is 4.09. The van der Waals surface area contributed by atoms with Crippen LogP contribution in [0.5, 0.6) is 0 Å². The molecule has 1 aromatic heterocycles. The molecule has 0 aliphatic carbocycles. The van der Waals surface area contributed by atoms with Crippen molar-refractivity contribution in [2.24, 2.45) is 0 Å². The second kappa shape index (κ2) is 9.33. The van der Waals surface area contributed by atoms with Gasteiger partial charge in [-0.25, -0.2) is 18.8 Å². The molecule has 0 bridgehead atoms. The largest absolute Gasteiger partial charge is 0.509 e. The molecule has 4 atom stereocenters. The van der Waals surface area contributed by atoms with Crippen molar-refractivity contribution in [3.05, 3.63) is 22.7 Å². The van der Waals surface area contributed by atoms with Crippen LogP contribution in [-0.4, -0.2) is 57.2 Å². The summed E-state index contributed by atoms with van der Waals surface area (Å²) in [6, 6.07) is 1.35. The van der Waals surface area contributed by atoms with Gasteiger partial charge in [-0.15, -0.1) is 11.8 Å². The number of carbonyl (C=O) groups excluding carboxylic acids is 2. The van der Waals surface area contributed by atoms with E-state index in [1.54, 1.807) is 41.5 Å². The minimum absolute atomic E-state index is 0.00832. The molecule has 0 saturated carbocycles. The topological polar surface area (TPSA) is 132 Å². The number of rotatable bonds is 4. The average molecular weight is 462 g/mol. The second-order valence-corrected chi connectivity index (χ2v) is 10.2. The summed E-state index contributed by atoms with van der Waals surface area (Å²) in [6.45, 7) is 9.59. The van der Waals surface area contributed by atoms with Gasteiger partial charge in [-0.2, -0.15) is 4.98 Å². The average Bonchev–Trinajstić information content (AvgIpc) is 2.86. The number of hydrogen-bond acceptors (Lipinski definition) is 10. The number of nitrogens with zero attached hydrogens (tertiary/aromatic N) is 2. The van der Waals surface area contributed by atoms with Gasteiger partial charge in [0.2, 0.25) is 0 Å². The van der Waals surface area contributed by atoms with E-state index in [1.807, 2.05) is 0 Å². The summed E-state index contributed by atoms with van der Waals surface area (Å²) in [5.74, 6) is -0.00832. The molecule has 1 fully saturated rings. The van der Waals surface area contributed by atoms with Crippen molar-refractivity contribution in [3.63, 3.8) is 0 Å². The van der Waals surface area contributed by atoms with Crippen LogP contribution in [0, 0.1) is 0 Å². The first-order valence-corrected chi connectivity index (χ1v) is 10.5. The van der Waals surface area contributed by atoms with Gasteiger partial charge in [-0.3, -0.25) is 4.57 Å². The fraction of sp³-hybridized carbons (Fsp3) is 0.684. The summed E-state index contributed by atoms with van der Waals surface area (Å²) in [6.07, 6.45) is -3.89. The summed E-state index contributed by atoms with van der Waals surface area (Å²) < 4.78 is 36.8. The molecule has 1 aliphatic rings. The lowest BCUT2D eigenvalue weighted by Crippen LogP contribution is -2.39. The monoisotopic (exact) mass is 461 g/mol. The third-order valence-corrected chi connectivity index (χ3v) is 5.29. The molecule has 0 radical (unpaired) electrons. The molecule has 12 heteroatoms. The molecule has 2 N–H and O–H groups in total. The fourth-order valence-electron chi connectivity index (χ4n) is 2.63. The Labute approximate surface area is 183 Å². The zero-order chi connectivity index (χ0) is 23.6. The van der Waals surface area contributed by atoms with Crippen LogP contribution in [0.1, 0.15) is 46.9 Å². The van der Waals surface area contributed by atoms with E-state index in [1.165, 1.54) is 12.3 Å². The predicted molar refractivity (Wildman–Crippen MR) is 112 cm³/mol. The standard InChI is InChI=1S/C19H28FN3O7S/c1-18(2,3)29-16(25)27-9-10-13(28-17(26)30-19(4,5)6)12(20)14(31-10)23-8-7-11(21)22-15(23)24/h7-8,10,12-14H,9H2,1-6H3,(H2,21,22,24)/t10-,12+,13-,14-/m1/s1. The van der Waals surface area contributed by atoms with E-state index in [0.29, 0.717) is 0 Å². The van der Waals surface area contributed by atoms with Gasteiger partial charge in [0.25, 0.3) is 0 Å². The Morgan fingerprint density at radius 3 is 2.29 bits per heavy atom. The first-order chi connectivity index (χ1) is 14.2. The van der Waals surface area contributed by atoms with Gasteiger partial charge in [0, 0.05) is 6.20 Å². The Morgan fingerprint density at radius 2 is 1.74 bits per heavy atom. The molecule has 0 spiro atoms. The molecule has 0 amide bonds. The minimum Gasteiger partial charge on any atom is -0.433 e. The molecule has 2 heterocycles. The number of carbonyl (C=O) groups is 2. The molecular weight excluding hydrogens is 433 g/mol. The zero-order valence-electron chi connectivity index (χ0n) is 18.3. The van der Waals surface area contributed by atoms with Gasteiger partial charge in [-0.1, -0.05) is 0 Å². The van der Waals surface area contributed by atoms with Crippen molar-refractivity contribution in [1.82, 2.24) is 9.55 Å². The second-order valence-electron chi connectivity index (χ2n) is 8.87. The van der Waals surface area contributed by atoms with Crippen LogP contribution in [0.4, 0.5) is 19.8 Å². The molecule has 1 saturated heterocycles. The van der Waals surface area contributed by atoms with Crippen LogP contribution in [0.25, 0.3) is 0 Å². The van der Waals surface area contributed by atoms with Gasteiger partial charge in [0.05, 0.1) is 5.25 Å². The van der Waals surface area contributed by atoms with E-state index in [2.05, 4.69) is 4.98 Å². The summed E-state index contributed by atoms with van der Waals surface area (Å²) in [7, 11) is 0. The summed E-state index contributed by atoms with van der Waals surface area (Å²) >= 11 is 0.962. The quantitative estimate of drug-likeness (QED) is 0.667. The van der Waals surface area contributed by atoms with E-state index in [0.717, 1.165) is 16.3 Å². The van der Waals surface area contributed by atoms with Crippen molar-refractivity contribution in [2.75, 3.05) is 12.3 Å². The molecule has 1 aliphatic heterocycles. The molecule has 1 aromatic rings. The van der Waals surface area contributed by atoms with E-state index in [4.69, 9.17) is 24.7 Å². The van der Waals surface area contributed by atoms with Crippen LogP contribution < -0.4 is 11.4 Å². The van der Waals surface area contributed by atoms with Gasteiger partial charge in [0.1, 0.15) is 29.0 Å².